The lowest BCUT2D eigenvalue weighted by Crippen LogP contribution is -2.45. The van der Waals surface area contributed by atoms with Crippen LogP contribution in [0.5, 0.6) is 0 Å². The van der Waals surface area contributed by atoms with Crippen molar-refractivity contribution in [2.45, 2.75) is 35.9 Å². The van der Waals surface area contributed by atoms with E-state index in [2.05, 4.69) is 11.4 Å². The average Bonchev–Trinajstić information content (AvgIpc) is 2.57. The largest absolute Gasteiger partial charge is 0.357 e. The number of hydrogen-bond donors (Lipinski definition) is 1. The maximum Gasteiger partial charge on any atom is 0.321 e. The second-order valence-electron chi connectivity index (χ2n) is 5.16. The quantitative estimate of drug-likeness (QED) is 0.847. The number of amides is 2. The minimum Gasteiger partial charge on any atom is -0.357 e. The van der Waals surface area contributed by atoms with Crippen molar-refractivity contribution in [3.8, 4) is 0 Å². The Morgan fingerprint density at radius 3 is 2.83 bits per heavy atom. The molecule has 2 amide bonds. The van der Waals surface area contributed by atoms with Crippen LogP contribution in [0.25, 0.3) is 0 Å². The molecule has 2 aliphatic rings. The van der Waals surface area contributed by atoms with Gasteiger partial charge in [0.15, 0.2) is 6.23 Å². The third kappa shape index (κ3) is 1.54. The fourth-order valence-corrected chi connectivity index (χ4v) is 3.97. The van der Waals surface area contributed by atoms with Gasteiger partial charge in [-0.3, -0.25) is 4.90 Å². The van der Waals surface area contributed by atoms with E-state index >= 15 is 0 Å². The van der Waals surface area contributed by atoms with Crippen molar-refractivity contribution in [1.82, 2.24) is 10.2 Å². The third-order valence-corrected chi connectivity index (χ3v) is 5.10. The van der Waals surface area contributed by atoms with Gasteiger partial charge in [-0.2, -0.15) is 0 Å². The molecular weight excluding hydrogens is 248 g/mol. The number of nitrogens with one attached hydrogen (secondary N) is 1. The monoisotopic (exact) mass is 264 g/mol. The molecule has 1 aromatic rings. The van der Waals surface area contributed by atoms with E-state index < -0.39 is 0 Å². The molecule has 0 bridgehead atoms. The zero-order valence-corrected chi connectivity index (χ0v) is 11.5. The number of hydrogen-bond acceptors (Lipinski definition) is 3. The van der Waals surface area contributed by atoms with Gasteiger partial charge in [-0.1, -0.05) is 30.0 Å². The Morgan fingerprint density at radius 1 is 1.39 bits per heavy atom. The summed E-state index contributed by atoms with van der Waals surface area (Å²) in [5, 5.41) is 3.08. The number of methoxy groups -OCH3 is 1. The van der Waals surface area contributed by atoms with Crippen LogP contribution in [0.15, 0.2) is 29.2 Å². The first-order chi connectivity index (χ1) is 8.54. The van der Waals surface area contributed by atoms with Crippen LogP contribution in [0.2, 0.25) is 0 Å². The Morgan fingerprint density at radius 2 is 2.11 bits per heavy atom. The molecule has 1 saturated heterocycles. The van der Waals surface area contributed by atoms with Crippen molar-refractivity contribution in [1.29, 1.82) is 0 Å². The topological polar surface area (TPSA) is 41.6 Å². The van der Waals surface area contributed by atoms with E-state index in [1.807, 2.05) is 32.0 Å². The summed E-state index contributed by atoms with van der Waals surface area (Å²) in [5.74, 6) is 0. The summed E-state index contributed by atoms with van der Waals surface area (Å²) >= 11 is 1.72. The maximum absolute atomic E-state index is 12.1. The number of thioether (sulfide) groups is 1. The zero-order chi connectivity index (χ0) is 12.9. The smallest absolute Gasteiger partial charge is 0.321 e. The summed E-state index contributed by atoms with van der Waals surface area (Å²) in [5.41, 5.74) is 0.806. The molecule has 1 N–H and O–H groups in total. The molecule has 5 heteroatoms. The molecule has 3 rings (SSSR count). The molecule has 96 valence electrons. The number of nitrogens with zero attached hydrogens (tertiary/aromatic N) is 1. The van der Waals surface area contributed by atoms with Crippen molar-refractivity contribution in [3.63, 3.8) is 0 Å². The number of carbonyl (C=O) groups excluding carboxylic acids is 1. The highest BCUT2D eigenvalue weighted by Crippen LogP contribution is 2.48. The van der Waals surface area contributed by atoms with Gasteiger partial charge in [0.1, 0.15) is 5.37 Å². The Labute approximate surface area is 111 Å². The van der Waals surface area contributed by atoms with Crippen LogP contribution >= 0.6 is 11.8 Å². The van der Waals surface area contributed by atoms with Crippen LogP contribution in [0.3, 0.4) is 0 Å². The first-order valence-corrected chi connectivity index (χ1v) is 6.81. The van der Waals surface area contributed by atoms with E-state index in [4.69, 9.17) is 4.74 Å². The summed E-state index contributed by atoms with van der Waals surface area (Å²) in [6, 6.07) is 8.04. The molecule has 2 aliphatic heterocycles. The molecule has 2 atom stereocenters. The molecule has 0 radical (unpaired) electrons. The zero-order valence-electron chi connectivity index (χ0n) is 10.6. The van der Waals surface area contributed by atoms with Crippen LogP contribution < -0.4 is 5.32 Å². The maximum atomic E-state index is 12.1. The van der Waals surface area contributed by atoms with E-state index in [0.29, 0.717) is 0 Å². The summed E-state index contributed by atoms with van der Waals surface area (Å²) in [4.78, 5) is 15.1. The molecule has 18 heavy (non-hydrogen) atoms. The van der Waals surface area contributed by atoms with Crippen molar-refractivity contribution < 1.29 is 9.53 Å². The SMILES string of the molecule is COC1c2ccccc2SC2N1C(=O)NC2(C)C. The fraction of sp³-hybridized carbons (Fsp3) is 0.462. The van der Waals surface area contributed by atoms with Crippen LogP contribution in [-0.4, -0.2) is 29.0 Å². The fourth-order valence-electron chi connectivity index (χ4n) is 2.59. The number of fused-ring (bicyclic) bond motifs is 2. The first-order valence-electron chi connectivity index (χ1n) is 5.93. The van der Waals surface area contributed by atoms with E-state index in [0.717, 1.165) is 5.56 Å². The van der Waals surface area contributed by atoms with Gasteiger partial charge in [0, 0.05) is 17.6 Å². The third-order valence-electron chi connectivity index (χ3n) is 3.43. The molecule has 2 heterocycles. The highest BCUT2D eigenvalue weighted by molar-refractivity contribution is 8.00. The minimum atomic E-state index is -0.297. The number of ether oxygens (including phenoxy) is 1. The lowest BCUT2D eigenvalue weighted by molar-refractivity contribution is -0.0139. The first kappa shape index (κ1) is 11.9. The number of rotatable bonds is 1. The van der Waals surface area contributed by atoms with Crippen LogP contribution in [0, 0.1) is 0 Å². The Balaban J connectivity index is 2.11. The summed E-state index contributed by atoms with van der Waals surface area (Å²) in [6.07, 6.45) is -0.297. The summed E-state index contributed by atoms with van der Waals surface area (Å²) in [6.45, 7) is 4.09. The molecule has 0 spiro atoms. The molecule has 1 fully saturated rings. The minimum absolute atomic E-state index is 0.0566. The number of carbonyl (C=O) groups is 1. The normalized spacial score (nSPS) is 28.6. The molecular formula is C13H16N2O2S. The van der Waals surface area contributed by atoms with Crippen LogP contribution in [0.1, 0.15) is 25.6 Å². The van der Waals surface area contributed by atoms with Gasteiger partial charge in [-0.05, 0) is 19.9 Å². The molecule has 4 nitrogen and oxygen atoms in total. The molecule has 1 aromatic carbocycles. The lowest BCUT2D eigenvalue weighted by atomic mass is 10.1. The van der Waals surface area contributed by atoms with Gasteiger partial charge in [0.2, 0.25) is 0 Å². The second kappa shape index (κ2) is 3.90. The summed E-state index contributed by atoms with van der Waals surface area (Å²) < 4.78 is 5.55. The van der Waals surface area contributed by atoms with Crippen LogP contribution in [0.4, 0.5) is 4.79 Å². The van der Waals surface area contributed by atoms with E-state index in [-0.39, 0.29) is 23.2 Å². The van der Waals surface area contributed by atoms with E-state index in [9.17, 15) is 4.79 Å². The Kier molecular flexibility index (Phi) is 2.57. The van der Waals surface area contributed by atoms with Gasteiger partial charge in [-0.15, -0.1) is 0 Å². The van der Waals surface area contributed by atoms with Crippen LogP contribution in [-0.2, 0) is 4.74 Å². The Bertz CT molecular complexity index is 504. The van der Waals surface area contributed by atoms with Gasteiger partial charge < -0.3 is 10.1 Å². The highest BCUT2D eigenvalue weighted by atomic mass is 32.2. The van der Waals surface area contributed by atoms with E-state index in [1.54, 1.807) is 23.8 Å². The van der Waals surface area contributed by atoms with Gasteiger partial charge >= 0.3 is 6.03 Å². The standard InChI is InChI=1S/C13H16N2O2S/c1-13(2)11-15(12(16)14-13)10(17-3)8-6-4-5-7-9(8)18-11/h4-7,10-11H,1-3H3,(H,14,16). The number of benzene rings is 1. The van der Waals surface area contributed by atoms with Crippen molar-refractivity contribution in [2.75, 3.05) is 7.11 Å². The van der Waals surface area contributed by atoms with Gasteiger partial charge in [0.25, 0.3) is 0 Å². The predicted octanol–water partition coefficient (Wildman–Crippen LogP) is 2.57. The Hall–Kier alpha value is -1.20. The average molecular weight is 264 g/mol. The highest BCUT2D eigenvalue weighted by Gasteiger charge is 2.51. The van der Waals surface area contributed by atoms with Crippen molar-refractivity contribution >= 4 is 17.8 Å². The summed E-state index contributed by atoms with van der Waals surface area (Å²) in [7, 11) is 1.65. The van der Waals surface area contributed by atoms with E-state index in [1.165, 1.54) is 4.90 Å². The molecule has 0 aliphatic carbocycles. The molecule has 0 saturated carbocycles. The predicted molar refractivity (Wildman–Crippen MR) is 70.3 cm³/mol. The van der Waals surface area contributed by atoms with Crippen molar-refractivity contribution in [3.05, 3.63) is 29.8 Å². The molecule has 2 unspecified atom stereocenters. The van der Waals surface area contributed by atoms with Gasteiger partial charge in [0.05, 0.1) is 5.54 Å². The van der Waals surface area contributed by atoms with Crippen molar-refractivity contribution in [2.24, 2.45) is 0 Å². The lowest BCUT2D eigenvalue weighted by Gasteiger charge is -2.39. The van der Waals surface area contributed by atoms with Gasteiger partial charge in [-0.25, -0.2) is 4.79 Å². The number of urea groups is 1. The molecule has 0 aromatic heterocycles. The second-order valence-corrected chi connectivity index (χ2v) is 6.28.